The maximum Gasteiger partial charge on any atom is 0.185 e. The van der Waals surface area contributed by atoms with Crippen molar-refractivity contribution in [3.8, 4) is 5.75 Å². The van der Waals surface area contributed by atoms with E-state index in [1.165, 1.54) is 0 Å². The molecule has 0 radical (unpaired) electrons. The molecule has 0 amide bonds. The molecular formula is C22H16Br2O2. The second-order valence-corrected chi connectivity index (χ2v) is 7.36. The van der Waals surface area contributed by atoms with Gasteiger partial charge >= 0.3 is 0 Å². The van der Waals surface area contributed by atoms with Crippen LogP contribution in [0.4, 0.5) is 0 Å². The molecule has 0 aromatic heterocycles. The summed E-state index contributed by atoms with van der Waals surface area (Å²) in [5.41, 5.74) is 2.67. The summed E-state index contributed by atoms with van der Waals surface area (Å²) in [5, 5.41) is 0. The van der Waals surface area contributed by atoms with E-state index in [1.54, 1.807) is 24.3 Å². The van der Waals surface area contributed by atoms with Gasteiger partial charge in [-0.15, -0.1) is 0 Å². The molecule has 0 saturated heterocycles. The van der Waals surface area contributed by atoms with Crippen LogP contribution in [0, 0.1) is 0 Å². The lowest BCUT2D eigenvalue weighted by molar-refractivity contribution is 0.104. The van der Waals surface area contributed by atoms with E-state index in [9.17, 15) is 4.79 Å². The number of hydrogen-bond acceptors (Lipinski definition) is 2. The number of carbonyl (C=O) groups excluding carboxylic acids is 1. The van der Waals surface area contributed by atoms with Gasteiger partial charge in [0.2, 0.25) is 0 Å². The smallest absolute Gasteiger partial charge is 0.185 e. The second kappa shape index (κ2) is 8.97. The van der Waals surface area contributed by atoms with Crippen molar-refractivity contribution >= 4 is 43.7 Å². The van der Waals surface area contributed by atoms with E-state index in [0.717, 1.165) is 25.8 Å². The van der Waals surface area contributed by atoms with Crippen LogP contribution >= 0.6 is 31.9 Å². The summed E-state index contributed by atoms with van der Waals surface area (Å²) in [6.07, 6.45) is 3.37. The van der Waals surface area contributed by atoms with Gasteiger partial charge in [-0.2, -0.15) is 0 Å². The third kappa shape index (κ3) is 4.93. The topological polar surface area (TPSA) is 26.3 Å². The summed E-state index contributed by atoms with van der Waals surface area (Å²) in [4.78, 5) is 12.2. The quantitative estimate of drug-likeness (QED) is 0.295. The van der Waals surface area contributed by atoms with Crippen molar-refractivity contribution in [1.29, 1.82) is 0 Å². The standard InChI is InChI=1S/C22H16Br2O2/c23-19-13-17(11-12-21(25)18-9-5-2-6-10-18)14-20(24)22(19)26-15-16-7-3-1-4-8-16/h1-14H,15H2/b12-11+. The number of ether oxygens (including phenoxy) is 1. The Labute approximate surface area is 169 Å². The molecular weight excluding hydrogens is 456 g/mol. The summed E-state index contributed by atoms with van der Waals surface area (Å²) in [7, 11) is 0. The molecule has 3 aromatic carbocycles. The molecule has 0 fully saturated rings. The number of hydrogen-bond donors (Lipinski definition) is 0. The fourth-order valence-electron chi connectivity index (χ4n) is 2.41. The molecule has 2 nitrogen and oxygen atoms in total. The number of rotatable bonds is 6. The molecule has 0 N–H and O–H groups in total. The molecule has 0 spiro atoms. The highest BCUT2D eigenvalue weighted by atomic mass is 79.9. The summed E-state index contributed by atoms with van der Waals surface area (Å²) in [5.74, 6) is 0.711. The van der Waals surface area contributed by atoms with Gasteiger partial charge in [-0.25, -0.2) is 0 Å². The first-order valence-corrected chi connectivity index (χ1v) is 9.65. The molecule has 0 aliphatic rings. The van der Waals surface area contributed by atoms with Crippen LogP contribution in [0.25, 0.3) is 6.08 Å². The first-order chi connectivity index (χ1) is 12.6. The van der Waals surface area contributed by atoms with Crippen molar-refractivity contribution in [2.45, 2.75) is 6.61 Å². The van der Waals surface area contributed by atoms with Gasteiger partial charge in [0.1, 0.15) is 12.4 Å². The third-order valence-corrected chi connectivity index (χ3v) is 4.91. The lowest BCUT2D eigenvalue weighted by Gasteiger charge is -2.11. The molecule has 0 aliphatic carbocycles. The van der Waals surface area contributed by atoms with E-state index in [-0.39, 0.29) is 5.78 Å². The van der Waals surface area contributed by atoms with E-state index >= 15 is 0 Å². The monoisotopic (exact) mass is 470 g/mol. The number of allylic oxidation sites excluding steroid dienone is 1. The fourth-order valence-corrected chi connectivity index (χ4v) is 3.86. The number of halogens is 2. The van der Waals surface area contributed by atoms with E-state index in [2.05, 4.69) is 31.9 Å². The predicted molar refractivity (Wildman–Crippen MR) is 112 cm³/mol. The van der Waals surface area contributed by atoms with Crippen LogP contribution in [0.1, 0.15) is 21.5 Å². The maximum absolute atomic E-state index is 12.2. The molecule has 0 unspecified atom stereocenters. The van der Waals surface area contributed by atoms with Crippen LogP contribution < -0.4 is 4.74 Å². The summed E-state index contributed by atoms with van der Waals surface area (Å²) < 4.78 is 7.58. The Morgan fingerprint density at radius 2 is 1.46 bits per heavy atom. The molecule has 3 aromatic rings. The van der Waals surface area contributed by atoms with Crippen molar-refractivity contribution < 1.29 is 9.53 Å². The Morgan fingerprint density at radius 1 is 0.885 bits per heavy atom. The first kappa shape index (κ1) is 18.6. The van der Waals surface area contributed by atoms with Crippen LogP contribution in [0.2, 0.25) is 0 Å². The Hall–Kier alpha value is -2.17. The lowest BCUT2D eigenvalue weighted by Crippen LogP contribution is -1.97. The minimum Gasteiger partial charge on any atom is -0.487 e. The molecule has 0 bridgehead atoms. The normalized spacial score (nSPS) is 10.8. The average molecular weight is 472 g/mol. The zero-order chi connectivity index (χ0) is 18.4. The summed E-state index contributed by atoms with van der Waals surface area (Å²) in [6, 6.07) is 23.1. The highest BCUT2D eigenvalue weighted by molar-refractivity contribution is 9.11. The highest BCUT2D eigenvalue weighted by Crippen LogP contribution is 2.35. The SMILES string of the molecule is O=C(/C=C/c1cc(Br)c(OCc2ccccc2)c(Br)c1)c1ccccc1. The fraction of sp³-hybridized carbons (Fsp3) is 0.0455. The molecule has 26 heavy (non-hydrogen) atoms. The molecule has 130 valence electrons. The van der Waals surface area contributed by atoms with E-state index in [4.69, 9.17) is 4.74 Å². The Kier molecular flexibility index (Phi) is 6.42. The Morgan fingerprint density at radius 3 is 2.08 bits per heavy atom. The highest BCUT2D eigenvalue weighted by Gasteiger charge is 2.09. The molecule has 0 heterocycles. The van der Waals surface area contributed by atoms with Crippen molar-refractivity contribution in [3.63, 3.8) is 0 Å². The van der Waals surface area contributed by atoms with Crippen LogP contribution in [0.15, 0.2) is 87.8 Å². The molecule has 4 heteroatoms. The van der Waals surface area contributed by atoms with Gasteiger partial charge in [0, 0.05) is 5.56 Å². The van der Waals surface area contributed by atoms with E-state index in [0.29, 0.717) is 12.2 Å². The Balaban J connectivity index is 1.72. The molecule has 0 atom stereocenters. The van der Waals surface area contributed by atoms with Crippen molar-refractivity contribution in [2.24, 2.45) is 0 Å². The Bertz CT molecular complexity index is 896. The van der Waals surface area contributed by atoms with Gasteiger partial charge in [0.25, 0.3) is 0 Å². The van der Waals surface area contributed by atoms with Gasteiger partial charge in [0.05, 0.1) is 8.95 Å². The van der Waals surface area contributed by atoms with Crippen LogP contribution in [-0.2, 0) is 6.61 Å². The minimum absolute atomic E-state index is 0.0257. The third-order valence-electron chi connectivity index (χ3n) is 3.73. The minimum atomic E-state index is -0.0257. The maximum atomic E-state index is 12.2. The lowest BCUT2D eigenvalue weighted by atomic mass is 10.1. The van der Waals surface area contributed by atoms with Crippen molar-refractivity contribution in [1.82, 2.24) is 0 Å². The number of benzene rings is 3. The van der Waals surface area contributed by atoms with E-state index in [1.807, 2.05) is 60.7 Å². The van der Waals surface area contributed by atoms with Crippen molar-refractivity contribution in [3.05, 3.63) is 105 Å². The largest absolute Gasteiger partial charge is 0.487 e. The summed E-state index contributed by atoms with van der Waals surface area (Å²) in [6.45, 7) is 0.486. The van der Waals surface area contributed by atoms with Crippen LogP contribution in [0.5, 0.6) is 5.75 Å². The van der Waals surface area contributed by atoms with Gasteiger partial charge in [-0.05, 0) is 61.2 Å². The van der Waals surface area contributed by atoms with Crippen LogP contribution in [-0.4, -0.2) is 5.78 Å². The first-order valence-electron chi connectivity index (χ1n) is 8.07. The van der Waals surface area contributed by atoms with Gasteiger partial charge < -0.3 is 4.74 Å². The average Bonchev–Trinajstić information content (AvgIpc) is 2.67. The predicted octanol–water partition coefficient (Wildman–Crippen LogP) is 6.69. The second-order valence-electron chi connectivity index (χ2n) is 5.65. The van der Waals surface area contributed by atoms with E-state index < -0.39 is 0 Å². The van der Waals surface area contributed by atoms with Crippen molar-refractivity contribution in [2.75, 3.05) is 0 Å². The van der Waals surface area contributed by atoms with Gasteiger partial charge in [-0.3, -0.25) is 4.79 Å². The summed E-state index contributed by atoms with van der Waals surface area (Å²) >= 11 is 7.10. The zero-order valence-corrected chi connectivity index (χ0v) is 17.0. The van der Waals surface area contributed by atoms with Gasteiger partial charge in [-0.1, -0.05) is 66.7 Å². The molecule has 0 aliphatic heterocycles. The molecule has 3 rings (SSSR count). The number of carbonyl (C=O) groups is 1. The zero-order valence-electron chi connectivity index (χ0n) is 13.9. The van der Waals surface area contributed by atoms with Crippen LogP contribution in [0.3, 0.4) is 0 Å². The van der Waals surface area contributed by atoms with Gasteiger partial charge in [0.15, 0.2) is 5.78 Å². The number of ketones is 1. The molecule has 0 saturated carbocycles.